The molecule has 1 aromatic carbocycles. The molecule has 0 aromatic heterocycles. The van der Waals surface area contributed by atoms with Crippen LogP contribution in [0.25, 0.3) is 0 Å². The lowest BCUT2D eigenvalue weighted by molar-refractivity contribution is 0.759. The molecule has 2 N–H and O–H groups in total. The van der Waals surface area contributed by atoms with Gasteiger partial charge in [0.25, 0.3) is 0 Å². The zero-order valence-electron chi connectivity index (χ0n) is 13.0. The van der Waals surface area contributed by atoms with Gasteiger partial charge < -0.3 is 10.6 Å². The molecule has 0 spiro atoms. The van der Waals surface area contributed by atoms with E-state index in [1.165, 1.54) is 16.8 Å². The van der Waals surface area contributed by atoms with Crippen molar-refractivity contribution in [2.45, 2.75) is 33.1 Å². The number of hydrogen-bond donors (Lipinski definition) is 2. The fraction of sp³-hybridized carbons (Fsp3) is 0.333. The van der Waals surface area contributed by atoms with Gasteiger partial charge in [0, 0.05) is 18.4 Å². The lowest BCUT2D eigenvalue weighted by Crippen LogP contribution is -2.22. The molecule has 1 rings (SSSR count). The van der Waals surface area contributed by atoms with Crippen molar-refractivity contribution in [1.82, 2.24) is 10.6 Å². The molecule has 1 unspecified atom stereocenters. The number of nitrogens with one attached hydrogen (secondary N) is 2. The summed E-state index contributed by atoms with van der Waals surface area (Å²) >= 11 is 0. The van der Waals surface area contributed by atoms with E-state index in [1.807, 2.05) is 14.0 Å². The molecule has 0 radical (unpaired) electrons. The summed E-state index contributed by atoms with van der Waals surface area (Å²) in [4.78, 5) is 0. The third kappa shape index (κ3) is 4.02. The first-order chi connectivity index (χ1) is 9.67. The molecule has 1 atom stereocenters. The molecule has 0 saturated carbocycles. The summed E-state index contributed by atoms with van der Waals surface area (Å²) in [5, 5.41) is 6.60. The van der Waals surface area contributed by atoms with Crippen molar-refractivity contribution in [3.8, 4) is 0 Å². The highest BCUT2D eigenvalue weighted by atomic mass is 14.9. The molecular formula is C18H26N2. The monoisotopic (exact) mass is 270 g/mol. The van der Waals surface area contributed by atoms with E-state index in [9.17, 15) is 0 Å². The first-order valence-electron chi connectivity index (χ1n) is 7.15. The van der Waals surface area contributed by atoms with Crippen LogP contribution in [0.1, 0.15) is 37.3 Å². The average Bonchev–Trinajstić information content (AvgIpc) is 2.47. The van der Waals surface area contributed by atoms with Gasteiger partial charge in [0.15, 0.2) is 0 Å². The number of hydrogen-bond acceptors (Lipinski definition) is 2. The summed E-state index contributed by atoms with van der Waals surface area (Å²) in [6.07, 6.45) is 7.07. The quantitative estimate of drug-likeness (QED) is 0.775. The maximum absolute atomic E-state index is 3.78. The maximum Gasteiger partial charge on any atom is 0.0631 e. The van der Waals surface area contributed by atoms with Gasteiger partial charge >= 0.3 is 0 Å². The minimum atomic E-state index is 0.184. The van der Waals surface area contributed by atoms with Crippen LogP contribution >= 0.6 is 0 Å². The molecular weight excluding hydrogens is 244 g/mol. The van der Waals surface area contributed by atoms with E-state index in [1.54, 1.807) is 6.20 Å². The summed E-state index contributed by atoms with van der Waals surface area (Å²) < 4.78 is 0. The van der Waals surface area contributed by atoms with Gasteiger partial charge in [0.05, 0.1) is 5.92 Å². The van der Waals surface area contributed by atoms with Crippen molar-refractivity contribution in [2.24, 2.45) is 0 Å². The Labute approximate surface area is 123 Å². The molecule has 0 aliphatic carbocycles. The fourth-order valence-electron chi connectivity index (χ4n) is 2.32. The second kappa shape index (κ2) is 8.26. The molecule has 0 aliphatic heterocycles. The van der Waals surface area contributed by atoms with Crippen LogP contribution in [0.2, 0.25) is 0 Å². The van der Waals surface area contributed by atoms with Crippen LogP contribution in [-0.4, -0.2) is 7.05 Å². The Morgan fingerprint density at radius 3 is 2.35 bits per heavy atom. The van der Waals surface area contributed by atoms with Crippen LogP contribution in [0.5, 0.6) is 0 Å². The lowest BCUT2D eigenvalue weighted by atomic mass is 9.90. The van der Waals surface area contributed by atoms with Gasteiger partial charge in [-0.3, -0.25) is 0 Å². The van der Waals surface area contributed by atoms with Crippen LogP contribution in [0, 0.1) is 6.92 Å². The summed E-state index contributed by atoms with van der Waals surface area (Å²) in [6.45, 7) is 10.1. The third-order valence-corrected chi connectivity index (χ3v) is 3.33. The zero-order chi connectivity index (χ0) is 15.0. The normalized spacial score (nSPS) is 13.8. The molecule has 2 heteroatoms. The minimum Gasteiger partial charge on any atom is -0.391 e. The highest BCUT2D eigenvalue weighted by molar-refractivity contribution is 5.39. The number of allylic oxidation sites excluding steroid dienone is 2. The van der Waals surface area contributed by atoms with Crippen LogP contribution in [0.3, 0.4) is 0 Å². The maximum atomic E-state index is 3.78. The Hall–Kier alpha value is -1.96. The lowest BCUT2D eigenvalue weighted by Gasteiger charge is -2.24. The highest BCUT2D eigenvalue weighted by Crippen LogP contribution is 2.29. The highest BCUT2D eigenvalue weighted by Gasteiger charge is 2.19. The molecule has 0 bridgehead atoms. The Bertz CT molecular complexity index is 479. The van der Waals surface area contributed by atoms with Gasteiger partial charge in [-0.1, -0.05) is 55.5 Å². The van der Waals surface area contributed by atoms with Gasteiger partial charge in [0.2, 0.25) is 0 Å². The first-order valence-corrected chi connectivity index (χ1v) is 7.15. The summed E-state index contributed by atoms with van der Waals surface area (Å²) in [6, 6.07) is 8.69. The van der Waals surface area contributed by atoms with E-state index in [0.29, 0.717) is 0 Å². The van der Waals surface area contributed by atoms with E-state index in [4.69, 9.17) is 0 Å². The van der Waals surface area contributed by atoms with E-state index < -0.39 is 0 Å². The molecule has 2 nitrogen and oxygen atoms in total. The van der Waals surface area contributed by atoms with Crippen LogP contribution in [0.15, 0.2) is 60.6 Å². The smallest absolute Gasteiger partial charge is 0.0631 e. The van der Waals surface area contributed by atoms with Crippen molar-refractivity contribution in [2.75, 3.05) is 7.05 Å². The number of rotatable bonds is 7. The Kier molecular flexibility index (Phi) is 6.65. The largest absolute Gasteiger partial charge is 0.391 e. The SMILES string of the molecule is C=CN/C(=C\C)C(/C(=C/CC)NC)c1ccc(C)cc1. The minimum absolute atomic E-state index is 0.184. The number of aryl methyl sites for hydroxylation is 1. The summed E-state index contributed by atoms with van der Waals surface area (Å²) in [5.74, 6) is 0.184. The Morgan fingerprint density at radius 2 is 1.90 bits per heavy atom. The molecule has 0 fully saturated rings. The molecule has 20 heavy (non-hydrogen) atoms. The molecule has 0 amide bonds. The van der Waals surface area contributed by atoms with Crippen LogP contribution in [-0.2, 0) is 0 Å². The van der Waals surface area contributed by atoms with Crippen LogP contribution in [0.4, 0.5) is 0 Å². The van der Waals surface area contributed by atoms with Crippen LogP contribution < -0.4 is 10.6 Å². The molecule has 108 valence electrons. The molecule has 0 heterocycles. The molecule has 1 aromatic rings. The number of benzene rings is 1. The van der Waals surface area contributed by atoms with E-state index >= 15 is 0 Å². The van der Waals surface area contributed by atoms with E-state index in [-0.39, 0.29) is 5.92 Å². The van der Waals surface area contributed by atoms with Crippen molar-refractivity contribution >= 4 is 0 Å². The molecule has 0 saturated heterocycles. The second-order valence-electron chi connectivity index (χ2n) is 4.75. The van der Waals surface area contributed by atoms with Crippen molar-refractivity contribution < 1.29 is 0 Å². The van der Waals surface area contributed by atoms with Crippen molar-refractivity contribution in [3.05, 3.63) is 71.7 Å². The second-order valence-corrected chi connectivity index (χ2v) is 4.75. The van der Waals surface area contributed by atoms with E-state index in [0.717, 1.165) is 12.1 Å². The zero-order valence-corrected chi connectivity index (χ0v) is 13.0. The standard InChI is InChI=1S/C18H26N2/c1-6-9-17(19-5)18(16(7-2)20-8-3)15-12-10-14(4)11-13-15/h7-13,18-20H,3,6H2,1-2,4-5H3/b16-7-,17-9-. The first kappa shape index (κ1) is 16.1. The number of likely N-dealkylation sites (N-methyl/N-ethyl adjacent to an activating group) is 1. The summed E-state index contributed by atoms with van der Waals surface area (Å²) in [7, 11) is 1.98. The van der Waals surface area contributed by atoms with Gasteiger partial charge in [-0.2, -0.15) is 0 Å². The van der Waals surface area contributed by atoms with Gasteiger partial charge in [-0.05, 0) is 32.0 Å². The summed E-state index contributed by atoms with van der Waals surface area (Å²) in [5.41, 5.74) is 4.89. The van der Waals surface area contributed by atoms with Crippen molar-refractivity contribution in [3.63, 3.8) is 0 Å². The van der Waals surface area contributed by atoms with Gasteiger partial charge in [-0.25, -0.2) is 0 Å². The predicted octanol–water partition coefficient (Wildman–Crippen LogP) is 4.23. The fourth-order valence-corrected chi connectivity index (χ4v) is 2.32. The predicted molar refractivity (Wildman–Crippen MR) is 88.4 cm³/mol. The van der Waals surface area contributed by atoms with Gasteiger partial charge in [0.1, 0.15) is 0 Å². The topological polar surface area (TPSA) is 24.1 Å². The van der Waals surface area contributed by atoms with E-state index in [2.05, 4.69) is 67.5 Å². The van der Waals surface area contributed by atoms with Crippen molar-refractivity contribution in [1.29, 1.82) is 0 Å². The Morgan fingerprint density at radius 1 is 1.25 bits per heavy atom. The van der Waals surface area contributed by atoms with Gasteiger partial charge in [-0.15, -0.1) is 0 Å². The average molecular weight is 270 g/mol. The Balaban J connectivity index is 3.29. The molecule has 0 aliphatic rings. The third-order valence-electron chi connectivity index (χ3n) is 3.33.